The number of rotatable bonds is 6. The van der Waals surface area contributed by atoms with Crippen LogP contribution in [0.25, 0.3) is 34.4 Å². The van der Waals surface area contributed by atoms with Gasteiger partial charge in [0.1, 0.15) is 0 Å². The summed E-state index contributed by atoms with van der Waals surface area (Å²) in [4.78, 5) is 0. The van der Waals surface area contributed by atoms with Crippen LogP contribution < -0.4 is 24.8 Å². The van der Waals surface area contributed by atoms with E-state index in [-0.39, 0.29) is 24.8 Å². The molecule has 226 valence electrons. The molecule has 0 spiro atoms. The van der Waals surface area contributed by atoms with Gasteiger partial charge in [-0.1, -0.05) is 0 Å². The summed E-state index contributed by atoms with van der Waals surface area (Å²) in [6.45, 7) is 14.2. The minimum atomic E-state index is -3.06. The van der Waals surface area contributed by atoms with Gasteiger partial charge in [0.05, 0.1) is 0 Å². The van der Waals surface area contributed by atoms with Gasteiger partial charge >= 0.3 is 259 Å². The van der Waals surface area contributed by atoms with Crippen LogP contribution in [0.3, 0.4) is 0 Å². The second kappa shape index (κ2) is 12.9. The molecule has 1 aliphatic heterocycles. The molecule has 2 atom stereocenters. The van der Waals surface area contributed by atoms with Crippen molar-refractivity contribution in [1.82, 2.24) is 0 Å². The summed E-state index contributed by atoms with van der Waals surface area (Å²) in [6, 6.07) is 32.8. The van der Waals surface area contributed by atoms with Gasteiger partial charge in [0, 0.05) is 0 Å². The second-order valence-corrected chi connectivity index (χ2v) is 30.5. The smallest absolute Gasteiger partial charge is 1.00 e. The third-order valence-electron chi connectivity index (χ3n) is 10.7. The first-order valence-electron chi connectivity index (χ1n) is 16.1. The minimum Gasteiger partial charge on any atom is -1.00 e. The average molecular weight is 786 g/mol. The zero-order valence-electron chi connectivity index (χ0n) is 26.9. The Balaban J connectivity index is 0.00000192. The summed E-state index contributed by atoms with van der Waals surface area (Å²) in [5.74, 6) is 1.13. The molecule has 0 radical (unpaired) electrons. The number of hydrogen-bond acceptors (Lipinski definition) is 0. The van der Waals surface area contributed by atoms with Crippen molar-refractivity contribution in [3.8, 4) is 22.3 Å². The Kier molecular flexibility index (Phi) is 9.73. The summed E-state index contributed by atoms with van der Waals surface area (Å²) in [5, 5.41) is 0. The zero-order valence-corrected chi connectivity index (χ0v) is 32.0. The number of benzene rings is 4. The van der Waals surface area contributed by atoms with Crippen molar-refractivity contribution in [2.75, 3.05) is 0 Å². The van der Waals surface area contributed by atoms with Crippen LogP contribution in [0, 0.1) is 25.7 Å². The van der Waals surface area contributed by atoms with E-state index in [1.165, 1.54) is 59.3 Å². The first-order valence-corrected chi connectivity index (χ1v) is 25.3. The van der Waals surface area contributed by atoms with Gasteiger partial charge < -0.3 is 24.8 Å². The predicted octanol–water partition coefficient (Wildman–Crippen LogP) is 5.93. The van der Waals surface area contributed by atoms with Crippen molar-refractivity contribution in [3.05, 3.63) is 129 Å². The fraction of sp³-hybridized carbons (Fsp3) is 0.317. The molecule has 3 aliphatic rings. The van der Waals surface area contributed by atoms with Crippen molar-refractivity contribution >= 4 is 12.2 Å². The van der Waals surface area contributed by atoms with E-state index in [0.717, 1.165) is 0 Å². The SMILES string of the molecule is Cc1ccc(-c2cccc3c2C=C(C(C)C)[CH]3[Hf+2]2([CH]3C(C(C)C)=Cc4c(-c5ccc(C)cc5)cccc43)[CH2]C[CH2]2)cc1.[Cl-].[Cl-]. The number of allylic oxidation sites excluding steroid dienone is 2. The van der Waals surface area contributed by atoms with E-state index >= 15 is 0 Å². The van der Waals surface area contributed by atoms with Crippen molar-refractivity contribution in [1.29, 1.82) is 0 Å². The molecule has 0 aromatic heterocycles. The third kappa shape index (κ3) is 5.36. The molecule has 0 bridgehead atoms. The van der Waals surface area contributed by atoms with Gasteiger partial charge in [0.25, 0.3) is 0 Å². The summed E-state index contributed by atoms with van der Waals surface area (Å²) in [7, 11) is 0. The quantitative estimate of drug-likeness (QED) is 0.213. The van der Waals surface area contributed by atoms with Gasteiger partial charge in [-0.05, 0) is 0 Å². The van der Waals surface area contributed by atoms with E-state index in [9.17, 15) is 0 Å². The summed E-state index contributed by atoms with van der Waals surface area (Å²) >= 11 is -3.06. The van der Waals surface area contributed by atoms with Crippen LogP contribution in [-0.4, -0.2) is 0 Å². The Labute approximate surface area is 282 Å². The maximum atomic E-state index is 2.65. The molecule has 4 aromatic rings. The molecule has 3 heteroatoms. The number of fused-ring (bicyclic) bond motifs is 2. The normalized spacial score (nSPS) is 18.6. The van der Waals surface area contributed by atoms with Crippen molar-refractivity contribution in [3.63, 3.8) is 0 Å². The summed E-state index contributed by atoms with van der Waals surface area (Å²) < 4.78 is 4.37. The van der Waals surface area contributed by atoms with E-state index in [4.69, 9.17) is 0 Å². The topological polar surface area (TPSA) is 0 Å². The molecule has 1 fully saturated rings. The standard InChI is InChI=1S/2C19H19.C3H6.2ClH.Hf/c2*1-13(2)17-11-16-5-4-6-18(19(16)12-17)15-9-7-14(3)8-10-15;1-3-2;;;/h2*4-13H,1-3H3;1-3H2;2*1H;/q;;;;;+2/p-2. The van der Waals surface area contributed by atoms with Gasteiger partial charge in [-0.2, -0.15) is 0 Å². The third-order valence-corrected chi connectivity index (χ3v) is 32.8. The first-order chi connectivity index (χ1) is 20.3. The number of halogens is 2. The zero-order chi connectivity index (χ0) is 29.2. The molecule has 4 aromatic carbocycles. The monoisotopic (exact) mass is 786 g/mol. The molecule has 7 rings (SSSR count). The molecule has 1 heterocycles. The maximum absolute atomic E-state index is 3.06. The molecule has 0 amide bonds. The van der Waals surface area contributed by atoms with Crippen LogP contribution in [0.4, 0.5) is 0 Å². The van der Waals surface area contributed by atoms with Crippen LogP contribution in [-0.2, 0) is 20.0 Å². The Hall–Kier alpha value is -2.19. The molecular formula is C41H44Cl2Hf. The first kappa shape index (κ1) is 33.2. The Morgan fingerprint density at radius 3 is 1.25 bits per heavy atom. The van der Waals surface area contributed by atoms with Crippen molar-refractivity contribution in [2.24, 2.45) is 11.8 Å². The molecule has 0 saturated carbocycles. The van der Waals surface area contributed by atoms with Crippen molar-refractivity contribution < 1.29 is 44.8 Å². The summed E-state index contributed by atoms with van der Waals surface area (Å²) in [6.07, 6.45) is 6.72. The fourth-order valence-corrected chi connectivity index (χ4v) is 32.0. The molecular weight excluding hydrogens is 742 g/mol. The van der Waals surface area contributed by atoms with E-state index in [1.54, 1.807) is 22.3 Å². The number of hydrogen-bond donors (Lipinski definition) is 0. The molecule has 1 saturated heterocycles. The molecule has 0 nitrogen and oxygen atoms in total. The van der Waals surface area contributed by atoms with E-state index in [0.29, 0.717) is 19.2 Å². The Morgan fingerprint density at radius 1 is 0.545 bits per heavy atom. The molecule has 2 unspecified atom stereocenters. The van der Waals surface area contributed by atoms with Gasteiger partial charge in [-0.25, -0.2) is 0 Å². The van der Waals surface area contributed by atoms with Crippen LogP contribution in [0.2, 0.25) is 8.35 Å². The average Bonchev–Trinajstić information content (AvgIpc) is 3.54. The molecule has 2 aliphatic carbocycles. The van der Waals surface area contributed by atoms with Crippen molar-refractivity contribution in [2.45, 2.75) is 63.7 Å². The second-order valence-electron chi connectivity index (χ2n) is 13.9. The maximum Gasteiger partial charge on any atom is -1.00 e. The largest absolute Gasteiger partial charge is 1.00 e. The Bertz CT molecular complexity index is 1590. The van der Waals surface area contributed by atoms with Gasteiger partial charge in [0.2, 0.25) is 0 Å². The fourth-order valence-electron chi connectivity index (χ4n) is 8.43. The number of aryl methyl sites for hydroxylation is 2. The Morgan fingerprint density at radius 2 is 0.932 bits per heavy atom. The minimum absolute atomic E-state index is 0. The van der Waals surface area contributed by atoms with E-state index in [1.807, 2.05) is 0 Å². The van der Waals surface area contributed by atoms with Crippen LogP contribution in [0.5, 0.6) is 0 Å². The van der Waals surface area contributed by atoms with Crippen LogP contribution in [0.1, 0.15) is 74.8 Å². The van der Waals surface area contributed by atoms with Gasteiger partial charge in [-0.15, -0.1) is 0 Å². The van der Waals surface area contributed by atoms with Crippen LogP contribution in [0.15, 0.2) is 96.1 Å². The van der Waals surface area contributed by atoms with E-state index < -0.39 is 20.0 Å². The predicted molar refractivity (Wildman–Crippen MR) is 179 cm³/mol. The van der Waals surface area contributed by atoms with E-state index in [2.05, 4.69) is 139 Å². The summed E-state index contributed by atoms with van der Waals surface area (Å²) in [5.41, 5.74) is 18.0. The molecule has 44 heavy (non-hydrogen) atoms. The van der Waals surface area contributed by atoms with Gasteiger partial charge in [0.15, 0.2) is 0 Å². The van der Waals surface area contributed by atoms with Crippen LogP contribution >= 0.6 is 0 Å². The molecule has 0 N–H and O–H groups in total. The van der Waals surface area contributed by atoms with Gasteiger partial charge in [-0.3, -0.25) is 0 Å².